The minimum atomic E-state index is 0.245. The van der Waals surface area contributed by atoms with E-state index in [1.165, 1.54) is 25.8 Å². The maximum absolute atomic E-state index is 9.38. The number of aromatic hydroxyl groups is 1. The van der Waals surface area contributed by atoms with Crippen LogP contribution in [0.25, 0.3) is 5.69 Å². The number of tetrazole rings is 1. The molecule has 1 fully saturated rings. The second-order valence-electron chi connectivity index (χ2n) is 5.55. The molecule has 0 spiro atoms. The lowest BCUT2D eigenvalue weighted by molar-refractivity contribution is 0.233. The lowest BCUT2D eigenvalue weighted by Crippen LogP contribution is -2.35. The molecular weight excluding hydrogens is 298 g/mol. The van der Waals surface area contributed by atoms with Crippen molar-refractivity contribution in [3.05, 3.63) is 24.3 Å². The van der Waals surface area contributed by atoms with Crippen LogP contribution in [0, 0.1) is 0 Å². The third kappa shape index (κ3) is 3.59. The smallest absolute Gasteiger partial charge is 0.214 e. The minimum Gasteiger partial charge on any atom is -0.508 e. The molecule has 3 rings (SSSR count). The Bertz CT molecular complexity index is 592. The van der Waals surface area contributed by atoms with Crippen LogP contribution >= 0.6 is 11.8 Å². The SMILES string of the molecule is CCCN1CCC(Sc2nnnn2-c2ccc(O)cc2)CC1. The molecule has 0 amide bonds. The number of phenols is 1. The molecule has 1 aliphatic rings. The maximum atomic E-state index is 9.38. The van der Waals surface area contributed by atoms with Crippen LogP contribution in [0.3, 0.4) is 0 Å². The Kier molecular flexibility index (Phi) is 4.94. The van der Waals surface area contributed by atoms with Gasteiger partial charge in [0.2, 0.25) is 5.16 Å². The van der Waals surface area contributed by atoms with E-state index in [0.717, 1.165) is 23.9 Å². The van der Waals surface area contributed by atoms with Crippen molar-refractivity contribution in [1.82, 2.24) is 25.1 Å². The van der Waals surface area contributed by atoms with Crippen molar-refractivity contribution < 1.29 is 5.11 Å². The van der Waals surface area contributed by atoms with Crippen molar-refractivity contribution in [1.29, 1.82) is 0 Å². The summed E-state index contributed by atoms with van der Waals surface area (Å²) < 4.78 is 1.74. The van der Waals surface area contributed by atoms with Gasteiger partial charge in [-0.15, -0.1) is 5.10 Å². The summed E-state index contributed by atoms with van der Waals surface area (Å²) >= 11 is 1.75. The van der Waals surface area contributed by atoms with Gasteiger partial charge in [-0.1, -0.05) is 18.7 Å². The Morgan fingerprint density at radius 2 is 1.95 bits per heavy atom. The molecule has 0 saturated carbocycles. The number of benzene rings is 1. The first-order valence-corrected chi connectivity index (χ1v) is 8.61. The van der Waals surface area contributed by atoms with Gasteiger partial charge >= 0.3 is 0 Å². The van der Waals surface area contributed by atoms with E-state index in [0.29, 0.717) is 5.25 Å². The number of piperidine rings is 1. The molecule has 22 heavy (non-hydrogen) atoms. The third-order valence-corrected chi connectivity index (χ3v) is 5.15. The molecule has 1 aromatic heterocycles. The highest BCUT2D eigenvalue weighted by Gasteiger charge is 2.22. The van der Waals surface area contributed by atoms with Gasteiger partial charge in [0.25, 0.3) is 0 Å². The average molecular weight is 319 g/mol. The van der Waals surface area contributed by atoms with E-state index in [-0.39, 0.29) is 5.75 Å². The molecule has 1 aliphatic heterocycles. The van der Waals surface area contributed by atoms with E-state index in [4.69, 9.17) is 0 Å². The molecule has 0 bridgehead atoms. The van der Waals surface area contributed by atoms with Crippen LogP contribution in [-0.4, -0.2) is 55.1 Å². The molecule has 0 aliphatic carbocycles. The first-order valence-electron chi connectivity index (χ1n) is 7.73. The van der Waals surface area contributed by atoms with Crippen LogP contribution in [0.5, 0.6) is 5.75 Å². The minimum absolute atomic E-state index is 0.245. The first-order chi connectivity index (χ1) is 10.8. The van der Waals surface area contributed by atoms with Crippen molar-refractivity contribution in [3.63, 3.8) is 0 Å². The monoisotopic (exact) mass is 319 g/mol. The summed E-state index contributed by atoms with van der Waals surface area (Å²) in [7, 11) is 0. The van der Waals surface area contributed by atoms with E-state index in [1.807, 2.05) is 12.1 Å². The van der Waals surface area contributed by atoms with Gasteiger partial charge in [-0.05, 0) is 73.6 Å². The summed E-state index contributed by atoms with van der Waals surface area (Å²) in [4.78, 5) is 2.53. The number of hydrogen-bond acceptors (Lipinski definition) is 6. The fourth-order valence-electron chi connectivity index (χ4n) is 2.72. The van der Waals surface area contributed by atoms with Gasteiger partial charge in [0.15, 0.2) is 0 Å². The number of nitrogens with zero attached hydrogens (tertiary/aromatic N) is 5. The molecule has 118 valence electrons. The van der Waals surface area contributed by atoms with Gasteiger partial charge in [0, 0.05) is 5.25 Å². The van der Waals surface area contributed by atoms with Crippen molar-refractivity contribution in [3.8, 4) is 11.4 Å². The number of likely N-dealkylation sites (tertiary alicyclic amines) is 1. The van der Waals surface area contributed by atoms with Crippen molar-refractivity contribution in [2.45, 2.75) is 36.6 Å². The van der Waals surface area contributed by atoms with E-state index in [1.54, 1.807) is 28.6 Å². The lowest BCUT2D eigenvalue weighted by atomic mass is 10.1. The first kappa shape index (κ1) is 15.3. The maximum Gasteiger partial charge on any atom is 0.214 e. The van der Waals surface area contributed by atoms with E-state index >= 15 is 0 Å². The summed E-state index contributed by atoms with van der Waals surface area (Å²) in [6, 6.07) is 6.93. The average Bonchev–Trinajstić information content (AvgIpc) is 2.98. The molecule has 2 heterocycles. The Labute approximate surface area is 134 Å². The summed E-state index contributed by atoms with van der Waals surface area (Å²) in [5.41, 5.74) is 0.869. The number of thioether (sulfide) groups is 1. The molecule has 2 aromatic rings. The van der Waals surface area contributed by atoms with E-state index < -0.39 is 0 Å². The predicted octanol–water partition coefficient (Wildman–Crippen LogP) is 2.33. The Balaban J connectivity index is 1.65. The quantitative estimate of drug-likeness (QED) is 0.912. The van der Waals surface area contributed by atoms with Crippen LogP contribution in [0.1, 0.15) is 26.2 Å². The van der Waals surface area contributed by atoms with Crippen LogP contribution < -0.4 is 0 Å². The van der Waals surface area contributed by atoms with Crippen LogP contribution in [0.4, 0.5) is 0 Å². The Hall–Kier alpha value is -1.60. The molecule has 6 nitrogen and oxygen atoms in total. The predicted molar refractivity (Wildman–Crippen MR) is 86.4 cm³/mol. The summed E-state index contributed by atoms with van der Waals surface area (Å²) in [5.74, 6) is 0.245. The molecule has 0 radical (unpaired) electrons. The Morgan fingerprint density at radius 1 is 1.23 bits per heavy atom. The zero-order chi connectivity index (χ0) is 15.4. The molecule has 0 atom stereocenters. The van der Waals surface area contributed by atoms with Gasteiger partial charge in [0.05, 0.1) is 5.69 Å². The standard InChI is InChI=1S/C15H21N5OS/c1-2-9-19-10-7-14(8-11-19)22-15-16-17-18-20(15)12-3-5-13(21)6-4-12/h3-6,14,21H,2,7-11H2,1H3. The fourth-order valence-corrected chi connectivity index (χ4v) is 3.79. The van der Waals surface area contributed by atoms with Gasteiger partial charge in [0.1, 0.15) is 5.75 Å². The second-order valence-corrected chi connectivity index (χ2v) is 6.82. The van der Waals surface area contributed by atoms with Crippen molar-refractivity contribution in [2.24, 2.45) is 0 Å². The number of aromatic nitrogens is 4. The molecule has 7 heteroatoms. The fraction of sp³-hybridized carbons (Fsp3) is 0.533. The molecule has 1 saturated heterocycles. The van der Waals surface area contributed by atoms with E-state index in [2.05, 4.69) is 27.3 Å². The van der Waals surface area contributed by atoms with Crippen molar-refractivity contribution in [2.75, 3.05) is 19.6 Å². The summed E-state index contributed by atoms with van der Waals surface area (Å²) in [6.07, 6.45) is 3.57. The van der Waals surface area contributed by atoms with Gasteiger partial charge < -0.3 is 10.0 Å². The summed E-state index contributed by atoms with van der Waals surface area (Å²) in [5, 5.41) is 22.8. The molecule has 1 N–H and O–H groups in total. The normalized spacial score (nSPS) is 17.0. The van der Waals surface area contributed by atoms with Gasteiger partial charge in [-0.25, -0.2) is 0 Å². The number of hydrogen-bond donors (Lipinski definition) is 1. The number of phenolic OH excluding ortho intramolecular Hbond substituents is 1. The largest absolute Gasteiger partial charge is 0.508 e. The molecular formula is C15H21N5OS. The summed E-state index contributed by atoms with van der Waals surface area (Å²) in [6.45, 7) is 5.74. The lowest BCUT2D eigenvalue weighted by Gasteiger charge is -2.30. The Morgan fingerprint density at radius 3 is 2.64 bits per heavy atom. The molecule has 1 aromatic carbocycles. The van der Waals surface area contributed by atoms with Gasteiger partial charge in [-0.2, -0.15) is 4.68 Å². The van der Waals surface area contributed by atoms with Crippen LogP contribution in [0.2, 0.25) is 0 Å². The number of rotatable bonds is 5. The second kappa shape index (κ2) is 7.11. The zero-order valence-electron chi connectivity index (χ0n) is 12.7. The van der Waals surface area contributed by atoms with Crippen molar-refractivity contribution >= 4 is 11.8 Å². The highest BCUT2D eigenvalue weighted by Crippen LogP contribution is 2.30. The highest BCUT2D eigenvalue weighted by atomic mass is 32.2. The van der Waals surface area contributed by atoms with Gasteiger partial charge in [-0.3, -0.25) is 0 Å². The van der Waals surface area contributed by atoms with E-state index in [9.17, 15) is 5.11 Å². The zero-order valence-corrected chi connectivity index (χ0v) is 13.5. The topological polar surface area (TPSA) is 67.1 Å². The van der Waals surface area contributed by atoms with Crippen LogP contribution in [0.15, 0.2) is 29.4 Å². The highest BCUT2D eigenvalue weighted by molar-refractivity contribution is 7.99. The van der Waals surface area contributed by atoms with Crippen LogP contribution in [-0.2, 0) is 0 Å². The third-order valence-electron chi connectivity index (χ3n) is 3.88. The molecule has 0 unspecified atom stereocenters.